The molecule has 2 N–H and O–H groups in total. The summed E-state index contributed by atoms with van der Waals surface area (Å²) in [7, 11) is 0. The Morgan fingerprint density at radius 1 is 1.31 bits per heavy atom. The Balaban J connectivity index is 3.33. The molecule has 0 aliphatic heterocycles. The summed E-state index contributed by atoms with van der Waals surface area (Å²) in [6, 6.07) is 1.56. The minimum absolute atomic E-state index is 0.0130. The van der Waals surface area contributed by atoms with Crippen LogP contribution in [-0.2, 0) is 12.8 Å². The van der Waals surface area contributed by atoms with Crippen molar-refractivity contribution in [1.29, 1.82) is 0 Å². The molecule has 0 saturated heterocycles. The fraction of sp³-hybridized carbons (Fsp3) is 0.417. The number of aromatic hydroxyl groups is 1. The van der Waals surface area contributed by atoms with Crippen molar-refractivity contribution in [2.24, 2.45) is 0 Å². The van der Waals surface area contributed by atoms with Crippen molar-refractivity contribution >= 4 is 6.16 Å². The quantitative estimate of drug-likeness (QED) is 0.612. The Bertz CT molecular complexity index is 410. The molecule has 0 radical (unpaired) electrons. The van der Waals surface area contributed by atoms with E-state index >= 15 is 0 Å². The Morgan fingerprint density at radius 3 is 2.31 bits per heavy atom. The van der Waals surface area contributed by atoms with Gasteiger partial charge in [-0.3, -0.25) is 0 Å². The maximum absolute atomic E-state index is 10.5. The predicted molar refractivity (Wildman–Crippen MR) is 60.3 cm³/mol. The summed E-state index contributed by atoms with van der Waals surface area (Å²) in [6.07, 6.45) is 0.0313. The van der Waals surface area contributed by atoms with Gasteiger partial charge >= 0.3 is 6.16 Å². The molecule has 1 aromatic rings. The summed E-state index contributed by atoms with van der Waals surface area (Å²) >= 11 is 0. The molecular weight excluding hydrogens is 208 g/mol. The van der Waals surface area contributed by atoms with Gasteiger partial charge in [-0.25, -0.2) is 4.79 Å². The van der Waals surface area contributed by atoms with Crippen LogP contribution in [0.4, 0.5) is 4.79 Å². The van der Waals surface area contributed by atoms with Gasteiger partial charge in [0.1, 0.15) is 0 Å². The fourth-order valence-corrected chi connectivity index (χ4v) is 1.93. The van der Waals surface area contributed by atoms with E-state index in [9.17, 15) is 9.90 Å². The number of ether oxygens (including phenoxy) is 1. The van der Waals surface area contributed by atoms with Crippen LogP contribution < -0.4 is 4.74 Å². The van der Waals surface area contributed by atoms with Gasteiger partial charge in [-0.1, -0.05) is 13.8 Å². The molecule has 0 unspecified atom stereocenters. The second-order valence-electron chi connectivity index (χ2n) is 3.57. The highest BCUT2D eigenvalue weighted by Gasteiger charge is 2.16. The number of aryl methyl sites for hydroxylation is 1. The van der Waals surface area contributed by atoms with E-state index in [2.05, 4.69) is 4.74 Å². The Morgan fingerprint density at radius 2 is 1.88 bits per heavy atom. The van der Waals surface area contributed by atoms with E-state index in [0.29, 0.717) is 6.42 Å². The van der Waals surface area contributed by atoms with Gasteiger partial charge in [-0.15, -0.1) is 0 Å². The van der Waals surface area contributed by atoms with E-state index in [-0.39, 0.29) is 11.5 Å². The van der Waals surface area contributed by atoms with Crippen molar-refractivity contribution in [3.63, 3.8) is 0 Å². The molecule has 0 aliphatic rings. The lowest BCUT2D eigenvalue weighted by molar-refractivity contribution is 0.142. The number of carboxylic acid groups (broad SMARTS) is 1. The van der Waals surface area contributed by atoms with Gasteiger partial charge in [0.2, 0.25) is 0 Å². The van der Waals surface area contributed by atoms with Crippen molar-refractivity contribution in [3.05, 3.63) is 22.8 Å². The lowest BCUT2D eigenvalue weighted by Gasteiger charge is -2.14. The first kappa shape index (κ1) is 12.4. The summed E-state index contributed by atoms with van der Waals surface area (Å²) in [5.74, 6) is -0.0496. The van der Waals surface area contributed by atoms with Gasteiger partial charge in [0, 0.05) is 5.56 Å². The number of phenolic OH excluding ortho intramolecular Hbond substituents is 1. The summed E-state index contributed by atoms with van der Waals surface area (Å²) in [6.45, 7) is 5.79. The average Bonchev–Trinajstić information content (AvgIpc) is 2.21. The van der Waals surface area contributed by atoms with Gasteiger partial charge in [0.05, 0.1) is 0 Å². The van der Waals surface area contributed by atoms with E-state index < -0.39 is 6.16 Å². The largest absolute Gasteiger partial charge is 0.511 e. The molecule has 1 rings (SSSR count). The normalized spacial score (nSPS) is 10.2. The molecule has 4 heteroatoms. The molecule has 1 aromatic carbocycles. The SMILES string of the molecule is CCc1c(C)cc(OC(=O)O)c(O)c1CC. The summed E-state index contributed by atoms with van der Waals surface area (Å²) in [5, 5.41) is 18.4. The molecule has 0 fully saturated rings. The molecule has 0 aromatic heterocycles. The van der Waals surface area contributed by atoms with Crippen molar-refractivity contribution in [2.45, 2.75) is 33.6 Å². The van der Waals surface area contributed by atoms with Crippen molar-refractivity contribution in [1.82, 2.24) is 0 Å². The van der Waals surface area contributed by atoms with Crippen LogP contribution in [0.25, 0.3) is 0 Å². The van der Waals surface area contributed by atoms with E-state index in [0.717, 1.165) is 23.1 Å². The van der Waals surface area contributed by atoms with Gasteiger partial charge < -0.3 is 14.9 Å². The van der Waals surface area contributed by atoms with E-state index in [1.807, 2.05) is 20.8 Å². The number of rotatable bonds is 3. The zero-order chi connectivity index (χ0) is 12.3. The third kappa shape index (κ3) is 2.27. The molecule has 0 spiro atoms. The number of phenols is 1. The Kier molecular flexibility index (Phi) is 3.77. The number of hydrogen-bond acceptors (Lipinski definition) is 3. The minimum Gasteiger partial charge on any atom is -0.504 e. The van der Waals surface area contributed by atoms with Gasteiger partial charge in [0.25, 0.3) is 0 Å². The van der Waals surface area contributed by atoms with E-state index in [1.165, 1.54) is 0 Å². The molecular formula is C12H16O4. The monoisotopic (exact) mass is 224 g/mol. The molecule has 4 nitrogen and oxygen atoms in total. The summed E-state index contributed by atoms with van der Waals surface area (Å²) < 4.78 is 4.53. The van der Waals surface area contributed by atoms with Crippen LogP contribution in [0.3, 0.4) is 0 Å². The van der Waals surface area contributed by atoms with Crippen LogP contribution in [-0.4, -0.2) is 16.4 Å². The number of carbonyl (C=O) groups is 1. The molecule has 0 aliphatic carbocycles. The standard InChI is InChI=1S/C12H16O4/c1-4-8-7(3)6-10(16-12(14)15)11(13)9(8)5-2/h6,13H,4-5H2,1-3H3,(H,14,15). The smallest absolute Gasteiger partial charge is 0.504 e. The third-order valence-electron chi connectivity index (χ3n) is 2.61. The van der Waals surface area contributed by atoms with Crippen LogP contribution in [0.15, 0.2) is 6.07 Å². The van der Waals surface area contributed by atoms with E-state index in [4.69, 9.17) is 5.11 Å². The van der Waals surface area contributed by atoms with Crippen LogP contribution in [0.1, 0.15) is 30.5 Å². The Labute approximate surface area is 94.5 Å². The first-order chi connectivity index (χ1) is 7.51. The van der Waals surface area contributed by atoms with Crippen LogP contribution >= 0.6 is 0 Å². The van der Waals surface area contributed by atoms with Crippen molar-refractivity contribution in [3.8, 4) is 11.5 Å². The topological polar surface area (TPSA) is 66.8 Å². The van der Waals surface area contributed by atoms with Crippen LogP contribution in [0.5, 0.6) is 11.5 Å². The second kappa shape index (κ2) is 4.88. The maximum Gasteiger partial charge on any atom is 0.511 e. The fourth-order valence-electron chi connectivity index (χ4n) is 1.93. The minimum atomic E-state index is -1.42. The first-order valence-corrected chi connectivity index (χ1v) is 5.26. The highest BCUT2D eigenvalue weighted by Crippen LogP contribution is 2.35. The van der Waals surface area contributed by atoms with Crippen molar-refractivity contribution < 1.29 is 19.7 Å². The molecule has 16 heavy (non-hydrogen) atoms. The zero-order valence-corrected chi connectivity index (χ0v) is 9.70. The van der Waals surface area contributed by atoms with Gasteiger partial charge in [0.15, 0.2) is 11.5 Å². The van der Waals surface area contributed by atoms with Gasteiger partial charge in [-0.2, -0.15) is 0 Å². The zero-order valence-electron chi connectivity index (χ0n) is 9.70. The molecule has 0 atom stereocenters. The molecule has 88 valence electrons. The van der Waals surface area contributed by atoms with Crippen molar-refractivity contribution in [2.75, 3.05) is 0 Å². The molecule has 0 heterocycles. The number of hydrogen-bond donors (Lipinski definition) is 2. The molecule has 0 amide bonds. The van der Waals surface area contributed by atoms with E-state index in [1.54, 1.807) is 6.07 Å². The lowest BCUT2D eigenvalue weighted by Crippen LogP contribution is -2.06. The average molecular weight is 224 g/mol. The molecule has 0 bridgehead atoms. The highest BCUT2D eigenvalue weighted by atomic mass is 16.7. The second-order valence-corrected chi connectivity index (χ2v) is 3.57. The molecule has 0 saturated carbocycles. The Hall–Kier alpha value is -1.71. The summed E-state index contributed by atoms with van der Waals surface area (Å²) in [4.78, 5) is 10.5. The summed E-state index contributed by atoms with van der Waals surface area (Å²) in [5.41, 5.74) is 2.75. The maximum atomic E-state index is 10.5. The van der Waals surface area contributed by atoms with Crippen LogP contribution in [0, 0.1) is 6.92 Å². The third-order valence-corrected chi connectivity index (χ3v) is 2.61. The lowest BCUT2D eigenvalue weighted by atomic mass is 9.96. The highest BCUT2D eigenvalue weighted by molar-refractivity contribution is 5.65. The first-order valence-electron chi connectivity index (χ1n) is 5.26. The predicted octanol–water partition coefficient (Wildman–Crippen LogP) is 2.88. The van der Waals surface area contributed by atoms with Gasteiger partial charge in [-0.05, 0) is 37.0 Å². The number of benzene rings is 1. The van der Waals surface area contributed by atoms with Crippen LogP contribution in [0.2, 0.25) is 0 Å².